The Kier molecular flexibility index (Phi) is 5.04. The van der Waals surface area contributed by atoms with Crippen molar-refractivity contribution in [3.63, 3.8) is 0 Å². The predicted molar refractivity (Wildman–Crippen MR) is 57.3 cm³/mol. The molecule has 0 aromatic heterocycles. The van der Waals surface area contributed by atoms with Crippen LogP contribution in [0.5, 0.6) is 0 Å². The molecule has 0 saturated carbocycles. The molecule has 1 heterocycles. The molecule has 92 valence electrons. The number of alkyl carbamates (subject to hydrolysis) is 1. The zero-order valence-corrected chi connectivity index (χ0v) is 9.44. The number of carboxylic acid groups (broad SMARTS) is 1. The molecule has 1 atom stereocenters. The Morgan fingerprint density at radius 3 is 2.94 bits per heavy atom. The predicted octanol–water partition coefficient (Wildman–Crippen LogP) is 0.281. The highest BCUT2D eigenvalue weighted by Gasteiger charge is 2.22. The summed E-state index contributed by atoms with van der Waals surface area (Å²) in [5.74, 6) is -0.836. The van der Waals surface area contributed by atoms with E-state index < -0.39 is 12.1 Å². The van der Waals surface area contributed by atoms with E-state index in [0.717, 1.165) is 19.4 Å². The third kappa shape index (κ3) is 4.48. The van der Waals surface area contributed by atoms with Crippen LogP contribution >= 0.6 is 0 Å². The minimum Gasteiger partial charge on any atom is -0.480 e. The van der Waals surface area contributed by atoms with Crippen LogP contribution in [0.3, 0.4) is 0 Å². The minimum atomic E-state index is -0.836. The summed E-state index contributed by atoms with van der Waals surface area (Å²) >= 11 is 0. The number of nitrogens with zero attached hydrogens (tertiary/aromatic N) is 1. The van der Waals surface area contributed by atoms with E-state index in [4.69, 9.17) is 9.84 Å². The van der Waals surface area contributed by atoms with E-state index in [0.29, 0.717) is 13.2 Å². The minimum absolute atomic E-state index is 0.00727. The maximum atomic E-state index is 11.2. The first-order chi connectivity index (χ1) is 7.61. The second-order valence-electron chi connectivity index (χ2n) is 3.83. The Balaban J connectivity index is 2.32. The van der Waals surface area contributed by atoms with Crippen LogP contribution in [0.4, 0.5) is 4.79 Å². The summed E-state index contributed by atoms with van der Waals surface area (Å²) in [6, 6.07) is -0.00727. The van der Waals surface area contributed by atoms with E-state index in [-0.39, 0.29) is 12.6 Å². The fourth-order valence-corrected chi connectivity index (χ4v) is 1.85. The number of hydrogen-bond acceptors (Lipinski definition) is 4. The van der Waals surface area contributed by atoms with Gasteiger partial charge in [-0.2, -0.15) is 0 Å². The maximum Gasteiger partial charge on any atom is 0.407 e. The highest BCUT2D eigenvalue weighted by atomic mass is 16.5. The van der Waals surface area contributed by atoms with E-state index in [1.807, 2.05) is 4.90 Å². The molecule has 0 radical (unpaired) electrons. The molecule has 1 aliphatic heterocycles. The van der Waals surface area contributed by atoms with Gasteiger partial charge in [-0.1, -0.05) is 0 Å². The number of amides is 1. The molecule has 0 spiro atoms. The molecule has 2 N–H and O–H groups in total. The summed E-state index contributed by atoms with van der Waals surface area (Å²) < 4.78 is 4.78. The van der Waals surface area contributed by atoms with Gasteiger partial charge in [0.05, 0.1) is 13.2 Å². The standard InChI is InChI=1S/C10H18N2O4/c1-2-16-10(15)11-8-4-3-5-12(6-8)7-9(13)14/h8H,2-7H2,1H3,(H,11,15)(H,13,14). The second kappa shape index (κ2) is 6.32. The van der Waals surface area contributed by atoms with Gasteiger partial charge in [-0.05, 0) is 26.3 Å². The van der Waals surface area contributed by atoms with Crippen LogP contribution in [0.2, 0.25) is 0 Å². The number of piperidine rings is 1. The lowest BCUT2D eigenvalue weighted by Crippen LogP contribution is -2.49. The van der Waals surface area contributed by atoms with E-state index in [1.165, 1.54) is 0 Å². The Bertz CT molecular complexity index is 257. The van der Waals surface area contributed by atoms with Crippen LogP contribution in [-0.2, 0) is 9.53 Å². The molecule has 1 saturated heterocycles. The quantitative estimate of drug-likeness (QED) is 0.725. The van der Waals surface area contributed by atoms with Gasteiger partial charge >= 0.3 is 12.1 Å². The molecule has 1 unspecified atom stereocenters. The Labute approximate surface area is 94.6 Å². The molecule has 1 amide bonds. The average molecular weight is 230 g/mol. The summed E-state index contributed by atoms with van der Waals surface area (Å²) in [5.41, 5.74) is 0. The van der Waals surface area contributed by atoms with Crippen molar-refractivity contribution in [1.82, 2.24) is 10.2 Å². The number of likely N-dealkylation sites (tertiary alicyclic amines) is 1. The lowest BCUT2D eigenvalue weighted by atomic mass is 10.1. The number of nitrogens with one attached hydrogen (secondary N) is 1. The van der Waals surface area contributed by atoms with Gasteiger partial charge in [-0.25, -0.2) is 4.79 Å². The maximum absolute atomic E-state index is 11.2. The van der Waals surface area contributed by atoms with E-state index in [1.54, 1.807) is 6.92 Å². The molecule has 1 fully saturated rings. The largest absolute Gasteiger partial charge is 0.480 e. The Morgan fingerprint density at radius 2 is 2.31 bits per heavy atom. The number of ether oxygens (including phenoxy) is 1. The van der Waals surface area contributed by atoms with Gasteiger partial charge in [0.25, 0.3) is 0 Å². The number of hydrogen-bond donors (Lipinski definition) is 2. The number of carbonyl (C=O) groups excluding carboxylic acids is 1. The van der Waals surface area contributed by atoms with Crippen LogP contribution in [0.15, 0.2) is 0 Å². The SMILES string of the molecule is CCOC(=O)NC1CCCN(CC(=O)O)C1. The number of rotatable bonds is 4. The van der Waals surface area contributed by atoms with Crippen molar-refractivity contribution in [3.05, 3.63) is 0 Å². The lowest BCUT2D eigenvalue weighted by molar-refractivity contribution is -0.138. The van der Waals surface area contributed by atoms with Crippen molar-refractivity contribution < 1.29 is 19.4 Å². The van der Waals surface area contributed by atoms with Crippen molar-refractivity contribution in [1.29, 1.82) is 0 Å². The van der Waals surface area contributed by atoms with Crippen LogP contribution in [-0.4, -0.2) is 54.4 Å². The van der Waals surface area contributed by atoms with Crippen LogP contribution in [0.25, 0.3) is 0 Å². The summed E-state index contributed by atoms with van der Waals surface area (Å²) in [6.45, 7) is 3.47. The first-order valence-electron chi connectivity index (χ1n) is 5.49. The number of carboxylic acids is 1. The molecule has 0 aliphatic carbocycles. The molecule has 1 aliphatic rings. The third-order valence-electron chi connectivity index (χ3n) is 2.46. The molecular weight excluding hydrogens is 212 g/mol. The van der Waals surface area contributed by atoms with Crippen molar-refractivity contribution in [2.45, 2.75) is 25.8 Å². The molecule has 0 aromatic rings. The van der Waals surface area contributed by atoms with Gasteiger partial charge in [0.15, 0.2) is 0 Å². The smallest absolute Gasteiger partial charge is 0.407 e. The first kappa shape index (κ1) is 12.8. The van der Waals surface area contributed by atoms with E-state index in [9.17, 15) is 9.59 Å². The lowest BCUT2D eigenvalue weighted by Gasteiger charge is -2.31. The Morgan fingerprint density at radius 1 is 1.56 bits per heavy atom. The highest BCUT2D eigenvalue weighted by molar-refractivity contribution is 5.69. The fraction of sp³-hybridized carbons (Fsp3) is 0.800. The highest BCUT2D eigenvalue weighted by Crippen LogP contribution is 2.09. The molecule has 6 nitrogen and oxygen atoms in total. The molecule has 0 bridgehead atoms. The van der Waals surface area contributed by atoms with E-state index in [2.05, 4.69) is 5.32 Å². The monoisotopic (exact) mass is 230 g/mol. The molecule has 6 heteroatoms. The third-order valence-corrected chi connectivity index (χ3v) is 2.46. The summed E-state index contributed by atoms with van der Waals surface area (Å²) in [4.78, 5) is 23.5. The van der Waals surface area contributed by atoms with Crippen molar-refractivity contribution >= 4 is 12.1 Å². The van der Waals surface area contributed by atoms with Gasteiger partial charge in [0.1, 0.15) is 0 Å². The fourth-order valence-electron chi connectivity index (χ4n) is 1.85. The van der Waals surface area contributed by atoms with Crippen molar-refractivity contribution in [2.24, 2.45) is 0 Å². The van der Waals surface area contributed by atoms with Gasteiger partial charge in [-0.3, -0.25) is 9.69 Å². The molecule has 1 rings (SSSR count). The van der Waals surface area contributed by atoms with Gasteiger partial charge in [-0.15, -0.1) is 0 Å². The number of carbonyl (C=O) groups is 2. The average Bonchev–Trinajstić information content (AvgIpc) is 2.17. The van der Waals surface area contributed by atoms with Crippen LogP contribution in [0, 0.1) is 0 Å². The summed E-state index contributed by atoms with van der Waals surface area (Å²) in [6.07, 6.45) is 1.34. The second-order valence-corrected chi connectivity index (χ2v) is 3.83. The van der Waals surface area contributed by atoms with Gasteiger partial charge in [0.2, 0.25) is 0 Å². The zero-order valence-electron chi connectivity index (χ0n) is 9.44. The van der Waals surface area contributed by atoms with Gasteiger partial charge < -0.3 is 15.2 Å². The molecule has 0 aromatic carbocycles. The topological polar surface area (TPSA) is 78.9 Å². The normalized spacial score (nSPS) is 21.4. The first-order valence-corrected chi connectivity index (χ1v) is 5.49. The van der Waals surface area contributed by atoms with E-state index >= 15 is 0 Å². The van der Waals surface area contributed by atoms with Crippen LogP contribution in [0.1, 0.15) is 19.8 Å². The summed E-state index contributed by atoms with van der Waals surface area (Å²) in [7, 11) is 0. The van der Waals surface area contributed by atoms with Crippen molar-refractivity contribution in [3.8, 4) is 0 Å². The molecular formula is C10H18N2O4. The summed E-state index contributed by atoms with van der Waals surface area (Å²) in [5, 5.41) is 11.4. The molecule has 16 heavy (non-hydrogen) atoms. The zero-order chi connectivity index (χ0) is 12.0. The van der Waals surface area contributed by atoms with Gasteiger partial charge in [0, 0.05) is 12.6 Å². The Hall–Kier alpha value is -1.30. The number of aliphatic carboxylic acids is 1. The van der Waals surface area contributed by atoms with Crippen LogP contribution < -0.4 is 5.32 Å². The van der Waals surface area contributed by atoms with Crippen molar-refractivity contribution in [2.75, 3.05) is 26.2 Å².